The van der Waals surface area contributed by atoms with Gasteiger partial charge >= 0.3 is 6.03 Å². The van der Waals surface area contributed by atoms with E-state index in [0.29, 0.717) is 29.5 Å². The van der Waals surface area contributed by atoms with Crippen molar-refractivity contribution >= 4 is 27.6 Å². The molecule has 1 N–H and O–H groups in total. The number of fused-ring (bicyclic) bond motifs is 1. The Hall–Kier alpha value is -4.55. The Kier molecular flexibility index (Phi) is 8.29. The second-order valence-electron chi connectivity index (χ2n) is 14.2. The van der Waals surface area contributed by atoms with E-state index in [2.05, 4.69) is 21.2 Å². The van der Waals surface area contributed by atoms with Gasteiger partial charge in [0.1, 0.15) is 11.6 Å². The van der Waals surface area contributed by atoms with E-state index in [-0.39, 0.29) is 45.0 Å². The van der Waals surface area contributed by atoms with Gasteiger partial charge in [0.25, 0.3) is 15.9 Å². The van der Waals surface area contributed by atoms with Crippen LogP contribution in [0.2, 0.25) is 0 Å². The standard InChI is InChI=1S/C37H39FN6O6S/c1-2-50-33-6-4-3-5-30(33)37(31-17-25(18-39)7-12-32(31)44(34(37)45)51(47,48)29-10-8-26(38)9-11-29)40-35(46)43-23-36(24-43)21-42(22-36)27-13-15-41(16-14-27)28-19-49-20-28/h3-12,17,27-28H,2,13-16,19-24H2,1H3,(H,40,46)/t37-/m0/s1. The van der Waals surface area contributed by atoms with Gasteiger partial charge in [0.2, 0.25) is 0 Å². The molecule has 3 aromatic carbocycles. The number of anilines is 1. The van der Waals surface area contributed by atoms with Crippen LogP contribution >= 0.6 is 0 Å². The molecule has 5 aliphatic rings. The first-order valence-electron chi connectivity index (χ1n) is 17.3. The van der Waals surface area contributed by atoms with E-state index < -0.39 is 33.3 Å². The molecule has 12 nitrogen and oxygen atoms in total. The average molecular weight is 715 g/mol. The van der Waals surface area contributed by atoms with Crippen LogP contribution < -0.4 is 14.4 Å². The molecule has 0 aromatic heterocycles. The number of halogens is 1. The van der Waals surface area contributed by atoms with E-state index in [1.165, 1.54) is 18.2 Å². The molecular formula is C37H39FN6O6S. The van der Waals surface area contributed by atoms with Gasteiger partial charge in [-0.15, -0.1) is 0 Å². The molecule has 1 atom stereocenters. The number of likely N-dealkylation sites (tertiary alicyclic amines) is 3. The lowest BCUT2D eigenvalue weighted by atomic mass is 9.71. The molecule has 0 bridgehead atoms. The van der Waals surface area contributed by atoms with Crippen molar-refractivity contribution in [3.8, 4) is 11.8 Å². The molecule has 1 spiro atoms. The number of para-hydroxylation sites is 1. The Labute approximate surface area is 296 Å². The number of carbonyl (C=O) groups is 2. The first kappa shape index (κ1) is 33.6. The summed E-state index contributed by atoms with van der Waals surface area (Å²) in [5, 5.41) is 12.9. The van der Waals surface area contributed by atoms with Crippen molar-refractivity contribution in [1.29, 1.82) is 5.26 Å². The van der Waals surface area contributed by atoms with Crippen molar-refractivity contribution in [2.45, 2.75) is 42.3 Å². The quantitative estimate of drug-likeness (QED) is 0.373. The van der Waals surface area contributed by atoms with Gasteiger partial charge < -0.3 is 19.7 Å². The molecule has 8 rings (SSSR count). The molecule has 4 saturated heterocycles. The Morgan fingerprint density at radius 3 is 2.33 bits per heavy atom. The van der Waals surface area contributed by atoms with Crippen LogP contribution in [0, 0.1) is 22.6 Å². The molecule has 4 fully saturated rings. The number of piperidine rings is 1. The maximum Gasteiger partial charge on any atom is 0.318 e. The number of carbonyl (C=O) groups excluding carboxylic acids is 2. The molecule has 3 amide bonds. The fourth-order valence-electron chi connectivity index (χ4n) is 8.39. The Morgan fingerprint density at radius 1 is 0.980 bits per heavy atom. The Balaban J connectivity index is 1.09. The minimum absolute atomic E-state index is 0.0273. The third kappa shape index (κ3) is 5.45. The average Bonchev–Trinajstić information content (AvgIpc) is 3.31. The van der Waals surface area contributed by atoms with E-state index in [4.69, 9.17) is 9.47 Å². The highest BCUT2D eigenvalue weighted by molar-refractivity contribution is 7.93. The summed E-state index contributed by atoms with van der Waals surface area (Å²) < 4.78 is 54.2. The largest absolute Gasteiger partial charge is 0.493 e. The zero-order valence-electron chi connectivity index (χ0n) is 28.3. The number of rotatable bonds is 8. The summed E-state index contributed by atoms with van der Waals surface area (Å²) in [5.41, 5.74) is -1.63. The predicted molar refractivity (Wildman–Crippen MR) is 184 cm³/mol. The molecule has 0 unspecified atom stereocenters. The van der Waals surface area contributed by atoms with E-state index in [1.807, 2.05) is 0 Å². The highest BCUT2D eigenvalue weighted by atomic mass is 32.2. The number of nitrogens with one attached hydrogen (secondary N) is 1. The van der Waals surface area contributed by atoms with Crippen LogP contribution in [0.15, 0.2) is 71.6 Å². The third-order valence-corrected chi connectivity index (χ3v) is 12.8. The number of nitriles is 1. The number of nitrogens with zero attached hydrogens (tertiary/aromatic N) is 5. The van der Waals surface area contributed by atoms with Crippen molar-refractivity contribution in [2.75, 3.05) is 63.4 Å². The summed E-state index contributed by atoms with van der Waals surface area (Å²) in [5.74, 6) is -1.34. The number of ether oxygens (including phenoxy) is 2. The Morgan fingerprint density at radius 2 is 1.69 bits per heavy atom. The summed E-state index contributed by atoms with van der Waals surface area (Å²) in [4.78, 5) is 35.6. The summed E-state index contributed by atoms with van der Waals surface area (Å²) >= 11 is 0. The highest BCUT2D eigenvalue weighted by Crippen LogP contribution is 2.50. The first-order valence-corrected chi connectivity index (χ1v) is 18.8. The molecule has 0 radical (unpaired) electrons. The monoisotopic (exact) mass is 714 g/mol. The van der Waals surface area contributed by atoms with Crippen LogP contribution in [0.1, 0.15) is 36.5 Å². The maximum absolute atomic E-state index is 15.0. The highest BCUT2D eigenvalue weighted by Gasteiger charge is 2.60. The number of urea groups is 1. The van der Waals surface area contributed by atoms with Crippen molar-refractivity contribution in [1.82, 2.24) is 20.0 Å². The van der Waals surface area contributed by atoms with Crippen molar-refractivity contribution in [2.24, 2.45) is 5.41 Å². The van der Waals surface area contributed by atoms with Crippen LogP contribution in [-0.2, 0) is 25.1 Å². The minimum atomic E-state index is -4.61. The zero-order valence-corrected chi connectivity index (χ0v) is 29.1. The SMILES string of the molecule is CCOc1ccccc1[C@@]1(NC(=O)N2CC3(C2)CN(C2CCN(C4COC4)CC2)C3)C(=O)N(S(=O)(=O)c2ccc(F)cc2)c2ccc(C#N)cc21. The number of hydrogen-bond donors (Lipinski definition) is 1. The smallest absolute Gasteiger partial charge is 0.318 e. The van der Waals surface area contributed by atoms with Crippen molar-refractivity contribution < 1.29 is 31.9 Å². The van der Waals surface area contributed by atoms with Gasteiger partial charge in [0, 0.05) is 61.9 Å². The van der Waals surface area contributed by atoms with Crippen LogP contribution in [0.4, 0.5) is 14.9 Å². The second-order valence-corrected chi connectivity index (χ2v) is 16.0. The molecule has 5 heterocycles. The van der Waals surface area contributed by atoms with Gasteiger partial charge in [-0.3, -0.25) is 14.6 Å². The predicted octanol–water partition coefficient (Wildman–Crippen LogP) is 3.27. The molecule has 5 aliphatic heterocycles. The normalized spacial score (nSPS) is 23.6. The van der Waals surface area contributed by atoms with E-state index in [1.54, 1.807) is 36.1 Å². The van der Waals surface area contributed by atoms with Crippen LogP contribution in [-0.4, -0.2) is 106 Å². The van der Waals surface area contributed by atoms with Crippen LogP contribution in [0.5, 0.6) is 5.75 Å². The molecule has 266 valence electrons. The van der Waals surface area contributed by atoms with Gasteiger partial charge in [-0.05, 0) is 68.3 Å². The summed E-state index contributed by atoms with van der Waals surface area (Å²) in [6, 6.07) is 17.7. The third-order valence-electron chi connectivity index (χ3n) is 11.1. The lowest BCUT2D eigenvalue weighted by Crippen LogP contribution is -2.76. The van der Waals surface area contributed by atoms with Gasteiger partial charge in [-0.25, -0.2) is 17.6 Å². The molecule has 0 aliphatic carbocycles. The minimum Gasteiger partial charge on any atom is -0.493 e. The van der Waals surface area contributed by atoms with Gasteiger partial charge in [-0.2, -0.15) is 9.57 Å². The number of amides is 3. The van der Waals surface area contributed by atoms with Gasteiger partial charge in [0.15, 0.2) is 5.54 Å². The molecule has 0 saturated carbocycles. The molecule has 51 heavy (non-hydrogen) atoms. The second kappa shape index (κ2) is 12.6. The molecule has 3 aromatic rings. The van der Waals surface area contributed by atoms with Crippen molar-refractivity contribution in [3.05, 3.63) is 89.2 Å². The molecular weight excluding hydrogens is 676 g/mol. The van der Waals surface area contributed by atoms with E-state index >= 15 is 0 Å². The fraction of sp³-hybridized carbons (Fsp3) is 0.432. The Bertz CT molecular complexity index is 2010. The van der Waals surface area contributed by atoms with Gasteiger partial charge in [0.05, 0.1) is 48.1 Å². The summed E-state index contributed by atoms with van der Waals surface area (Å²) in [6.45, 7) is 8.57. The van der Waals surface area contributed by atoms with Crippen LogP contribution in [0.25, 0.3) is 0 Å². The van der Waals surface area contributed by atoms with Crippen LogP contribution in [0.3, 0.4) is 0 Å². The van der Waals surface area contributed by atoms with E-state index in [0.717, 1.165) is 76.5 Å². The molecule has 14 heteroatoms. The zero-order chi connectivity index (χ0) is 35.5. The topological polar surface area (TPSA) is 136 Å². The number of benzene rings is 3. The number of hydrogen-bond acceptors (Lipinski definition) is 9. The first-order chi connectivity index (χ1) is 24.6. The number of sulfonamides is 1. The van der Waals surface area contributed by atoms with E-state index in [9.17, 15) is 27.7 Å². The summed E-state index contributed by atoms with van der Waals surface area (Å²) in [7, 11) is -4.61. The van der Waals surface area contributed by atoms with Gasteiger partial charge in [-0.1, -0.05) is 18.2 Å². The lowest BCUT2D eigenvalue weighted by Gasteiger charge is -2.62. The fourth-order valence-corrected chi connectivity index (χ4v) is 9.85. The maximum atomic E-state index is 15.0. The summed E-state index contributed by atoms with van der Waals surface area (Å²) in [6.07, 6.45) is 2.23. The lowest BCUT2D eigenvalue weighted by molar-refractivity contribution is -0.129. The van der Waals surface area contributed by atoms with Crippen molar-refractivity contribution in [3.63, 3.8) is 0 Å².